The summed E-state index contributed by atoms with van der Waals surface area (Å²) in [5.41, 5.74) is 2.60. The number of aromatic nitrogens is 1. The Labute approximate surface area is 148 Å². The average molecular weight is 339 g/mol. The molecule has 2 heterocycles. The Balaban J connectivity index is 1.62. The van der Waals surface area contributed by atoms with Gasteiger partial charge < -0.3 is 15.3 Å². The fraction of sp³-hybridized carbons (Fsp3) is 0.400. The molecule has 1 aromatic carbocycles. The van der Waals surface area contributed by atoms with Crippen LogP contribution in [0, 0.1) is 5.41 Å². The zero-order chi connectivity index (χ0) is 17.7. The van der Waals surface area contributed by atoms with Crippen molar-refractivity contribution in [2.45, 2.75) is 26.2 Å². The highest BCUT2D eigenvalue weighted by Crippen LogP contribution is 2.34. The van der Waals surface area contributed by atoms with Gasteiger partial charge in [0, 0.05) is 49.0 Å². The Morgan fingerprint density at radius 1 is 1.12 bits per heavy atom. The molecule has 1 aromatic heterocycles. The van der Waals surface area contributed by atoms with Crippen molar-refractivity contribution in [1.82, 2.24) is 9.88 Å². The van der Waals surface area contributed by atoms with E-state index in [9.17, 15) is 9.90 Å². The van der Waals surface area contributed by atoms with E-state index in [1.54, 1.807) is 12.4 Å². The third-order valence-corrected chi connectivity index (χ3v) is 5.30. The molecule has 5 nitrogen and oxygen atoms in total. The van der Waals surface area contributed by atoms with E-state index in [-0.39, 0.29) is 17.9 Å². The highest BCUT2D eigenvalue weighted by Gasteiger charge is 2.34. The molecule has 0 spiro atoms. The van der Waals surface area contributed by atoms with Crippen LogP contribution in [0.15, 0.2) is 48.8 Å². The molecule has 5 heteroatoms. The minimum atomic E-state index is -0.00486. The minimum Gasteiger partial charge on any atom is -0.396 e. The van der Waals surface area contributed by atoms with Crippen LogP contribution < -0.4 is 5.32 Å². The van der Waals surface area contributed by atoms with Crippen LogP contribution in [0.2, 0.25) is 0 Å². The predicted octanol–water partition coefficient (Wildman–Crippen LogP) is 3.45. The Kier molecular flexibility index (Phi) is 5.34. The first kappa shape index (κ1) is 17.4. The van der Waals surface area contributed by atoms with E-state index in [1.807, 2.05) is 41.3 Å². The monoisotopic (exact) mass is 339 g/mol. The number of hydrogen-bond acceptors (Lipinski definition) is 4. The molecule has 0 radical (unpaired) electrons. The van der Waals surface area contributed by atoms with Crippen molar-refractivity contribution in [3.05, 3.63) is 54.4 Å². The van der Waals surface area contributed by atoms with Crippen molar-refractivity contribution in [3.8, 4) is 0 Å². The molecule has 1 saturated heterocycles. The van der Waals surface area contributed by atoms with Gasteiger partial charge in [-0.1, -0.05) is 6.92 Å². The van der Waals surface area contributed by atoms with Gasteiger partial charge in [0.15, 0.2) is 0 Å². The van der Waals surface area contributed by atoms with Gasteiger partial charge in [-0.2, -0.15) is 0 Å². The Bertz CT molecular complexity index is 687. The van der Waals surface area contributed by atoms with Gasteiger partial charge in [-0.3, -0.25) is 9.78 Å². The molecular formula is C20H25N3O2. The van der Waals surface area contributed by atoms with Gasteiger partial charge in [-0.15, -0.1) is 0 Å². The van der Waals surface area contributed by atoms with E-state index in [1.165, 1.54) is 0 Å². The number of anilines is 2. The maximum absolute atomic E-state index is 12.7. The van der Waals surface area contributed by atoms with E-state index >= 15 is 0 Å². The summed E-state index contributed by atoms with van der Waals surface area (Å²) in [6.07, 6.45) is 6.17. The molecule has 25 heavy (non-hydrogen) atoms. The van der Waals surface area contributed by atoms with Crippen LogP contribution in [-0.4, -0.2) is 40.6 Å². The molecule has 1 fully saturated rings. The number of aliphatic hydroxyl groups is 1. The number of hydrogen-bond donors (Lipinski definition) is 2. The van der Waals surface area contributed by atoms with Crippen molar-refractivity contribution in [1.29, 1.82) is 0 Å². The summed E-state index contributed by atoms with van der Waals surface area (Å²) < 4.78 is 0. The lowest BCUT2D eigenvalue weighted by Crippen LogP contribution is -2.44. The van der Waals surface area contributed by atoms with Crippen molar-refractivity contribution in [3.63, 3.8) is 0 Å². The van der Waals surface area contributed by atoms with Gasteiger partial charge >= 0.3 is 0 Å². The molecule has 0 saturated carbocycles. The van der Waals surface area contributed by atoms with Crippen molar-refractivity contribution >= 4 is 17.3 Å². The van der Waals surface area contributed by atoms with Crippen LogP contribution in [0.1, 0.15) is 36.5 Å². The van der Waals surface area contributed by atoms with Gasteiger partial charge in [-0.25, -0.2) is 0 Å². The lowest BCUT2D eigenvalue weighted by molar-refractivity contribution is 0.0338. The Morgan fingerprint density at radius 3 is 2.28 bits per heavy atom. The number of nitrogens with one attached hydrogen (secondary N) is 1. The van der Waals surface area contributed by atoms with Crippen LogP contribution in [-0.2, 0) is 0 Å². The number of rotatable bonds is 5. The fourth-order valence-electron chi connectivity index (χ4n) is 3.29. The van der Waals surface area contributed by atoms with Crippen LogP contribution in [0.4, 0.5) is 11.4 Å². The topological polar surface area (TPSA) is 65.5 Å². The summed E-state index contributed by atoms with van der Waals surface area (Å²) in [6, 6.07) is 11.4. The molecule has 2 N–H and O–H groups in total. The van der Waals surface area contributed by atoms with E-state index in [0.717, 1.165) is 30.6 Å². The summed E-state index contributed by atoms with van der Waals surface area (Å²) in [4.78, 5) is 18.6. The Hall–Kier alpha value is -2.40. The highest BCUT2D eigenvalue weighted by molar-refractivity contribution is 5.94. The number of carbonyl (C=O) groups excluding carboxylic acids is 1. The maximum Gasteiger partial charge on any atom is 0.253 e. The van der Waals surface area contributed by atoms with Gasteiger partial charge in [0.05, 0.1) is 0 Å². The van der Waals surface area contributed by atoms with Crippen LogP contribution in [0.3, 0.4) is 0 Å². The average Bonchev–Trinajstić information content (AvgIpc) is 2.69. The summed E-state index contributed by atoms with van der Waals surface area (Å²) >= 11 is 0. The fourth-order valence-corrected chi connectivity index (χ4v) is 3.29. The lowest BCUT2D eigenvalue weighted by Gasteiger charge is -2.40. The number of benzene rings is 1. The molecular weight excluding hydrogens is 314 g/mol. The quantitative estimate of drug-likeness (QED) is 0.876. The summed E-state index contributed by atoms with van der Waals surface area (Å²) in [5, 5.41) is 12.9. The lowest BCUT2D eigenvalue weighted by atomic mass is 9.77. The molecule has 1 aliphatic heterocycles. The van der Waals surface area contributed by atoms with Gasteiger partial charge in [0.1, 0.15) is 0 Å². The largest absolute Gasteiger partial charge is 0.396 e. The zero-order valence-corrected chi connectivity index (χ0v) is 14.6. The molecule has 0 aliphatic carbocycles. The number of carbonyl (C=O) groups is 1. The van der Waals surface area contributed by atoms with Crippen molar-refractivity contribution < 1.29 is 9.90 Å². The van der Waals surface area contributed by atoms with Crippen LogP contribution >= 0.6 is 0 Å². The normalized spacial score (nSPS) is 16.5. The summed E-state index contributed by atoms with van der Waals surface area (Å²) in [6.45, 7) is 3.75. The number of aliphatic hydroxyl groups excluding tert-OH is 1. The molecule has 2 aromatic rings. The minimum absolute atomic E-state index is 0.00486. The number of likely N-dealkylation sites (tertiary alicyclic amines) is 1. The zero-order valence-electron chi connectivity index (χ0n) is 14.6. The molecule has 1 amide bonds. The number of piperidine rings is 1. The smallest absolute Gasteiger partial charge is 0.253 e. The molecule has 3 rings (SSSR count). The highest BCUT2D eigenvalue weighted by atomic mass is 16.3. The third-order valence-electron chi connectivity index (χ3n) is 5.30. The summed E-state index contributed by atoms with van der Waals surface area (Å²) in [7, 11) is 0. The molecule has 0 atom stereocenters. The van der Waals surface area contributed by atoms with Gasteiger partial charge in [0.2, 0.25) is 0 Å². The second-order valence-corrected chi connectivity index (χ2v) is 6.74. The van der Waals surface area contributed by atoms with E-state index < -0.39 is 0 Å². The molecule has 0 bridgehead atoms. The van der Waals surface area contributed by atoms with Crippen molar-refractivity contribution in [2.75, 3.05) is 25.0 Å². The predicted molar refractivity (Wildman–Crippen MR) is 98.9 cm³/mol. The molecule has 1 aliphatic rings. The standard InChI is InChI=1S/C20H25N3O2/c1-2-20(15-24)9-13-23(14-10-20)19(25)16-3-5-17(6-4-16)22-18-7-11-21-12-8-18/h3-8,11-12,24H,2,9-10,13-15H2,1H3,(H,21,22). The maximum atomic E-state index is 12.7. The second-order valence-electron chi connectivity index (χ2n) is 6.74. The number of nitrogens with zero attached hydrogens (tertiary/aromatic N) is 2. The third kappa shape index (κ3) is 3.99. The van der Waals surface area contributed by atoms with E-state index in [0.29, 0.717) is 18.7 Å². The van der Waals surface area contributed by atoms with E-state index in [4.69, 9.17) is 0 Å². The first-order valence-electron chi connectivity index (χ1n) is 8.83. The van der Waals surface area contributed by atoms with Gasteiger partial charge in [-0.05, 0) is 61.1 Å². The van der Waals surface area contributed by atoms with Crippen LogP contribution in [0.5, 0.6) is 0 Å². The first-order chi connectivity index (χ1) is 12.2. The van der Waals surface area contributed by atoms with E-state index in [2.05, 4.69) is 17.2 Å². The number of pyridine rings is 1. The van der Waals surface area contributed by atoms with Crippen molar-refractivity contribution in [2.24, 2.45) is 5.41 Å². The molecule has 132 valence electrons. The SMILES string of the molecule is CCC1(CO)CCN(C(=O)c2ccc(Nc3ccncc3)cc2)CC1. The first-order valence-corrected chi connectivity index (χ1v) is 8.83. The number of amides is 1. The van der Waals surface area contributed by atoms with Gasteiger partial charge in [0.25, 0.3) is 5.91 Å². The van der Waals surface area contributed by atoms with Crippen LogP contribution in [0.25, 0.3) is 0 Å². The summed E-state index contributed by atoms with van der Waals surface area (Å²) in [5.74, 6) is 0.0677. The molecule has 0 unspecified atom stereocenters. The second kappa shape index (κ2) is 7.66. The Morgan fingerprint density at radius 2 is 1.72 bits per heavy atom.